The molecule has 0 saturated heterocycles. The first-order chi connectivity index (χ1) is 11.8. The first-order valence-corrected chi connectivity index (χ1v) is 8.56. The van der Waals surface area contributed by atoms with Crippen molar-refractivity contribution < 1.29 is 9.53 Å². The summed E-state index contributed by atoms with van der Waals surface area (Å²) in [5.41, 5.74) is 3.17. The molecule has 0 saturated carbocycles. The van der Waals surface area contributed by atoms with E-state index in [-0.39, 0.29) is 5.57 Å². The molecule has 2 aromatic carbocycles. The van der Waals surface area contributed by atoms with Gasteiger partial charge in [-0.25, -0.2) is 0 Å². The number of nitrogens with one attached hydrogen (secondary N) is 1. The summed E-state index contributed by atoms with van der Waals surface area (Å²) in [6.07, 6.45) is 1.45. The van der Waals surface area contributed by atoms with Gasteiger partial charge in [-0.3, -0.25) is 4.79 Å². The van der Waals surface area contributed by atoms with Gasteiger partial charge in [0, 0.05) is 15.7 Å². The summed E-state index contributed by atoms with van der Waals surface area (Å²) in [6.45, 7) is 3.87. The van der Waals surface area contributed by atoms with Crippen molar-refractivity contribution in [1.29, 1.82) is 5.26 Å². The summed E-state index contributed by atoms with van der Waals surface area (Å²) in [6, 6.07) is 11.0. The highest BCUT2D eigenvalue weighted by atomic mass is 79.9. The highest BCUT2D eigenvalue weighted by Crippen LogP contribution is 2.33. The Kier molecular flexibility index (Phi) is 6.24. The largest absolute Gasteiger partial charge is 0.495 e. The van der Waals surface area contributed by atoms with Crippen molar-refractivity contribution >= 4 is 45.2 Å². The van der Waals surface area contributed by atoms with Crippen LogP contribution in [0.25, 0.3) is 6.08 Å². The zero-order valence-electron chi connectivity index (χ0n) is 14.0. The van der Waals surface area contributed by atoms with Crippen molar-refractivity contribution in [3.63, 3.8) is 0 Å². The maximum absolute atomic E-state index is 12.5. The van der Waals surface area contributed by atoms with Gasteiger partial charge < -0.3 is 10.1 Å². The second-order valence-electron chi connectivity index (χ2n) is 5.45. The van der Waals surface area contributed by atoms with Crippen LogP contribution in [0.1, 0.15) is 16.7 Å². The zero-order valence-corrected chi connectivity index (χ0v) is 16.3. The summed E-state index contributed by atoms with van der Waals surface area (Å²) < 4.78 is 5.99. The van der Waals surface area contributed by atoms with E-state index < -0.39 is 5.91 Å². The van der Waals surface area contributed by atoms with Crippen LogP contribution in [0.5, 0.6) is 5.75 Å². The number of amides is 1. The van der Waals surface area contributed by atoms with Gasteiger partial charge in [-0.2, -0.15) is 5.26 Å². The van der Waals surface area contributed by atoms with Gasteiger partial charge in [0.25, 0.3) is 5.91 Å². The van der Waals surface area contributed by atoms with Crippen molar-refractivity contribution in [2.24, 2.45) is 0 Å². The monoisotopic (exact) mass is 418 g/mol. The predicted octanol–water partition coefficient (Wildman–Crippen LogP) is 5.27. The van der Waals surface area contributed by atoms with Crippen LogP contribution in [0.3, 0.4) is 0 Å². The highest BCUT2D eigenvalue weighted by Gasteiger charge is 2.14. The summed E-state index contributed by atoms with van der Waals surface area (Å²) in [4.78, 5) is 12.5. The second-order valence-corrected chi connectivity index (χ2v) is 6.78. The Morgan fingerprint density at radius 3 is 2.64 bits per heavy atom. The minimum absolute atomic E-state index is 0.0487. The van der Waals surface area contributed by atoms with Crippen LogP contribution in [0.4, 0.5) is 5.69 Å². The number of anilines is 1. The molecule has 25 heavy (non-hydrogen) atoms. The second kappa shape index (κ2) is 8.19. The number of benzene rings is 2. The summed E-state index contributed by atoms with van der Waals surface area (Å²) in [5, 5.41) is 12.5. The Morgan fingerprint density at radius 2 is 2.04 bits per heavy atom. The number of ether oxygens (including phenoxy) is 1. The third kappa shape index (κ3) is 4.62. The Labute approximate surface area is 160 Å². The molecular weight excluding hydrogens is 404 g/mol. The number of hydrogen-bond donors (Lipinski definition) is 1. The van der Waals surface area contributed by atoms with Gasteiger partial charge in [0.05, 0.1) is 12.1 Å². The van der Waals surface area contributed by atoms with E-state index in [1.165, 1.54) is 13.2 Å². The number of rotatable bonds is 4. The summed E-state index contributed by atoms with van der Waals surface area (Å²) >= 11 is 9.48. The molecule has 0 aliphatic rings. The zero-order chi connectivity index (χ0) is 18.6. The van der Waals surface area contributed by atoms with Crippen LogP contribution < -0.4 is 10.1 Å². The molecule has 6 heteroatoms. The molecule has 1 N–H and O–H groups in total. The van der Waals surface area contributed by atoms with Gasteiger partial charge in [-0.05, 0) is 43.7 Å². The molecule has 0 fully saturated rings. The van der Waals surface area contributed by atoms with Crippen molar-refractivity contribution in [3.05, 3.63) is 62.1 Å². The molecule has 4 nitrogen and oxygen atoms in total. The number of hydrogen-bond acceptors (Lipinski definition) is 3. The number of aryl methyl sites for hydroxylation is 2. The number of nitriles is 1. The lowest BCUT2D eigenvalue weighted by Crippen LogP contribution is -2.14. The van der Waals surface area contributed by atoms with E-state index in [0.717, 1.165) is 15.6 Å². The molecule has 0 aliphatic heterocycles. The molecule has 2 rings (SSSR count). The van der Waals surface area contributed by atoms with Gasteiger partial charge >= 0.3 is 0 Å². The van der Waals surface area contributed by atoms with E-state index in [0.29, 0.717) is 22.0 Å². The Balaban J connectivity index is 2.38. The number of nitrogens with zero attached hydrogens (tertiary/aromatic N) is 1. The fraction of sp³-hybridized carbons (Fsp3) is 0.158. The average Bonchev–Trinajstić information content (AvgIpc) is 2.54. The third-order valence-corrected chi connectivity index (χ3v) is 4.27. The van der Waals surface area contributed by atoms with E-state index in [2.05, 4.69) is 21.2 Å². The van der Waals surface area contributed by atoms with Crippen molar-refractivity contribution in [3.8, 4) is 11.8 Å². The van der Waals surface area contributed by atoms with E-state index in [1.807, 2.05) is 38.1 Å². The molecular formula is C19H16BrClN2O2. The van der Waals surface area contributed by atoms with Gasteiger partial charge in [-0.15, -0.1) is 0 Å². The minimum Gasteiger partial charge on any atom is -0.495 e. The molecule has 0 spiro atoms. The molecule has 0 unspecified atom stereocenters. The van der Waals surface area contributed by atoms with Crippen LogP contribution in [-0.4, -0.2) is 13.0 Å². The SMILES string of the molecule is COc1c(Cl)cc(Br)cc1/C=C(\C#N)C(=O)Nc1ccc(C)cc1C. The Bertz CT molecular complexity index is 901. The first-order valence-electron chi connectivity index (χ1n) is 7.39. The maximum atomic E-state index is 12.5. The van der Waals surface area contributed by atoms with Crippen LogP contribution in [0, 0.1) is 25.2 Å². The molecule has 128 valence electrons. The normalized spacial score (nSPS) is 11.0. The first kappa shape index (κ1) is 19.0. The van der Waals surface area contributed by atoms with Gasteiger partial charge in [0.1, 0.15) is 17.4 Å². The van der Waals surface area contributed by atoms with Gasteiger partial charge in [-0.1, -0.05) is 45.2 Å². The molecule has 0 radical (unpaired) electrons. The van der Waals surface area contributed by atoms with Crippen molar-refractivity contribution in [2.45, 2.75) is 13.8 Å². The average molecular weight is 420 g/mol. The topological polar surface area (TPSA) is 62.1 Å². The van der Waals surface area contributed by atoms with Crippen LogP contribution in [0.15, 0.2) is 40.4 Å². The minimum atomic E-state index is -0.493. The lowest BCUT2D eigenvalue weighted by atomic mass is 10.1. The standard InChI is InChI=1S/C19H16BrClN2O2/c1-11-4-5-17(12(2)6-11)23-19(24)14(10-22)7-13-8-15(20)9-16(21)18(13)25-3/h4-9H,1-3H3,(H,23,24)/b14-7+. The van der Waals surface area contributed by atoms with Gasteiger partial charge in [0.2, 0.25) is 0 Å². The molecule has 0 atom stereocenters. The molecule has 1 amide bonds. The van der Waals surface area contributed by atoms with E-state index in [4.69, 9.17) is 16.3 Å². The molecule has 0 bridgehead atoms. The van der Waals surface area contributed by atoms with Crippen molar-refractivity contribution in [1.82, 2.24) is 0 Å². The van der Waals surface area contributed by atoms with E-state index in [9.17, 15) is 10.1 Å². The third-order valence-electron chi connectivity index (χ3n) is 3.54. The summed E-state index contributed by atoms with van der Waals surface area (Å²) in [5.74, 6) is -0.0930. The smallest absolute Gasteiger partial charge is 0.266 e. The number of halogens is 2. The summed E-state index contributed by atoms with van der Waals surface area (Å²) in [7, 11) is 1.48. The maximum Gasteiger partial charge on any atom is 0.266 e. The van der Waals surface area contributed by atoms with Crippen LogP contribution >= 0.6 is 27.5 Å². The predicted molar refractivity (Wildman–Crippen MR) is 104 cm³/mol. The number of carbonyl (C=O) groups excluding carboxylic acids is 1. The molecule has 0 heterocycles. The highest BCUT2D eigenvalue weighted by molar-refractivity contribution is 9.10. The molecule has 0 aromatic heterocycles. The lowest BCUT2D eigenvalue weighted by molar-refractivity contribution is -0.112. The van der Waals surface area contributed by atoms with Crippen LogP contribution in [0.2, 0.25) is 5.02 Å². The van der Waals surface area contributed by atoms with E-state index in [1.54, 1.807) is 12.1 Å². The fourth-order valence-electron chi connectivity index (χ4n) is 2.35. The fourth-order valence-corrected chi connectivity index (χ4v) is 3.26. The van der Waals surface area contributed by atoms with Crippen LogP contribution in [-0.2, 0) is 4.79 Å². The number of carbonyl (C=O) groups is 1. The van der Waals surface area contributed by atoms with E-state index >= 15 is 0 Å². The Hall–Kier alpha value is -2.29. The lowest BCUT2D eigenvalue weighted by Gasteiger charge is -2.10. The quantitative estimate of drug-likeness (QED) is 0.542. The molecule has 0 aliphatic carbocycles. The van der Waals surface area contributed by atoms with Crippen molar-refractivity contribution in [2.75, 3.05) is 12.4 Å². The Morgan fingerprint density at radius 1 is 1.32 bits per heavy atom. The van der Waals surface area contributed by atoms with Gasteiger partial charge in [0.15, 0.2) is 0 Å². The number of methoxy groups -OCH3 is 1. The molecule has 2 aromatic rings.